The molecule has 0 aliphatic rings. The Morgan fingerprint density at radius 1 is 0.455 bits per heavy atom. The quantitative estimate of drug-likeness (QED) is 0.0243. The number of carbonyl (C=O) groups is 1. The summed E-state index contributed by atoms with van der Waals surface area (Å²) in [5, 5.41) is 13.9. The molecule has 0 rings (SSSR count). The summed E-state index contributed by atoms with van der Waals surface area (Å²) >= 11 is 0. The maximum atomic E-state index is 13.0. The number of phosphoric acid groups is 1. The molecule has 77 heavy (non-hydrogen) atoms. The minimum atomic E-state index is -4.39. The van der Waals surface area contributed by atoms with Crippen LogP contribution in [0, 0.1) is 0 Å². The first-order chi connectivity index (χ1) is 37.5. The average Bonchev–Trinajstić information content (AvgIpc) is 3.39. The summed E-state index contributed by atoms with van der Waals surface area (Å²) in [6, 6.07) is -0.906. The van der Waals surface area contributed by atoms with Crippen molar-refractivity contribution in [1.29, 1.82) is 0 Å². The van der Waals surface area contributed by atoms with Crippen LogP contribution < -0.4 is 5.32 Å². The topological polar surface area (TPSA) is 105 Å². The number of allylic oxidation sites excluding steroid dienone is 21. The van der Waals surface area contributed by atoms with Gasteiger partial charge in [0.15, 0.2) is 0 Å². The lowest BCUT2D eigenvalue weighted by atomic mass is 10.0. The Labute approximate surface area is 475 Å². The molecule has 3 unspecified atom stereocenters. The van der Waals surface area contributed by atoms with Crippen LogP contribution in [0.2, 0.25) is 0 Å². The van der Waals surface area contributed by atoms with Crippen molar-refractivity contribution < 1.29 is 32.9 Å². The highest BCUT2D eigenvalue weighted by Crippen LogP contribution is 2.43. The first kappa shape index (κ1) is 73.6. The molecule has 1 amide bonds. The second kappa shape index (κ2) is 57.3. The van der Waals surface area contributed by atoms with Crippen LogP contribution in [-0.2, 0) is 18.4 Å². The van der Waals surface area contributed by atoms with E-state index in [1.807, 2.05) is 27.2 Å². The van der Waals surface area contributed by atoms with Gasteiger partial charge in [0.05, 0.1) is 39.9 Å². The molecular weight excluding hydrogens is 972 g/mol. The fraction of sp³-hybridized carbons (Fsp3) is 0.662. The van der Waals surface area contributed by atoms with Gasteiger partial charge in [-0.15, -0.1) is 0 Å². The molecule has 0 radical (unpaired) electrons. The first-order valence-corrected chi connectivity index (χ1v) is 32.6. The summed E-state index contributed by atoms with van der Waals surface area (Å²) in [4.78, 5) is 23.3. The SMILES string of the molecule is CC/C=C\C/C=C\C/C=C\C/C=C\C/C=C\C/C=C\C/C=C\C/C=C\C/C=C\CCCC(=O)NC(COP(=O)(O)OCC[N+](C)(C)C)C(O)/C=C/CC/C=C/CCCCCCCCCCCCCCCCCCCCCC. The molecule has 0 aromatic rings. The molecule has 0 heterocycles. The Kier molecular flexibility index (Phi) is 54.8. The van der Waals surface area contributed by atoms with Crippen molar-refractivity contribution >= 4 is 13.7 Å². The molecule has 0 saturated heterocycles. The van der Waals surface area contributed by atoms with Gasteiger partial charge >= 0.3 is 7.82 Å². The molecule has 0 aliphatic heterocycles. The molecule has 3 atom stereocenters. The third-order valence-electron chi connectivity index (χ3n) is 13.1. The minimum Gasteiger partial charge on any atom is -0.387 e. The summed E-state index contributed by atoms with van der Waals surface area (Å²) in [6.07, 6.45) is 87.3. The fourth-order valence-corrected chi connectivity index (χ4v) is 9.03. The number of aliphatic hydroxyl groups excluding tert-OH is 1. The zero-order chi connectivity index (χ0) is 56.3. The van der Waals surface area contributed by atoms with Crippen molar-refractivity contribution in [1.82, 2.24) is 5.32 Å². The second-order valence-electron chi connectivity index (χ2n) is 21.7. The monoisotopic (exact) mass is 1090 g/mol. The van der Waals surface area contributed by atoms with Crippen LogP contribution in [0.1, 0.15) is 239 Å². The fourth-order valence-electron chi connectivity index (χ4n) is 8.29. The van der Waals surface area contributed by atoms with Crippen molar-refractivity contribution in [2.45, 2.75) is 251 Å². The molecule has 0 aromatic heterocycles. The first-order valence-electron chi connectivity index (χ1n) is 31.1. The van der Waals surface area contributed by atoms with E-state index in [1.54, 1.807) is 6.08 Å². The predicted molar refractivity (Wildman–Crippen MR) is 336 cm³/mol. The van der Waals surface area contributed by atoms with Crippen LogP contribution in [0.3, 0.4) is 0 Å². The van der Waals surface area contributed by atoms with Gasteiger partial charge in [0, 0.05) is 6.42 Å². The number of carbonyl (C=O) groups excluding carboxylic acids is 1. The van der Waals surface area contributed by atoms with E-state index in [1.165, 1.54) is 128 Å². The third-order valence-corrected chi connectivity index (χ3v) is 14.1. The Balaban J connectivity index is 4.37. The number of hydrogen-bond donors (Lipinski definition) is 3. The second-order valence-corrected chi connectivity index (χ2v) is 23.1. The summed E-state index contributed by atoms with van der Waals surface area (Å²) < 4.78 is 23.7. The normalized spacial score (nSPS) is 14.7. The van der Waals surface area contributed by atoms with Crippen LogP contribution in [0.25, 0.3) is 0 Å². The Morgan fingerprint density at radius 2 is 0.792 bits per heavy atom. The van der Waals surface area contributed by atoms with Crippen molar-refractivity contribution in [3.05, 3.63) is 134 Å². The molecule has 9 heteroatoms. The number of unbranched alkanes of at least 4 members (excludes halogenated alkanes) is 22. The summed E-state index contributed by atoms with van der Waals surface area (Å²) in [7, 11) is 1.50. The number of phosphoric ester groups is 1. The van der Waals surface area contributed by atoms with Crippen molar-refractivity contribution in [3.8, 4) is 0 Å². The number of rotatable bonds is 55. The van der Waals surface area contributed by atoms with Gasteiger partial charge in [0.2, 0.25) is 5.91 Å². The molecule has 0 aromatic carbocycles. The largest absolute Gasteiger partial charge is 0.472 e. The van der Waals surface area contributed by atoms with Gasteiger partial charge in [-0.1, -0.05) is 270 Å². The van der Waals surface area contributed by atoms with Crippen molar-refractivity contribution in [2.75, 3.05) is 40.9 Å². The highest BCUT2D eigenvalue weighted by Gasteiger charge is 2.27. The highest BCUT2D eigenvalue weighted by atomic mass is 31.2. The average molecular weight is 1090 g/mol. The minimum absolute atomic E-state index is 0.0377. The number of nitrogens with one attached hydrogen (secondary N) is 1. The third kappa shape index (κ3) is 60.1. The van der Waals surface area contributed by atoms with E-state index in [-0.39, 0.29) is 25.5 Å². The molecule has 8 nitrogen and oxygen atoms in total. The standard InChI is InChI=1S/C68H117N2O6P/c1-6-8-10-12-14-16-18-20-22-24-26-28-30-32-34-35-36-38-40-42-44-46-48-50-52-54-56-58-60-62-68(72)69-66(65-76-77(73,74)75-64-63-70(3,4)5)67(71)61-59-57-55-53-51-49-47-45-43-41-39-37-33-31-29-27-25-23-21-19-17-15-13-11-9-7-2/h8,10,14,16,20,22,26,28,32,34,36,38,42,44,48,50-51,53-54,56,59,61,66-67,71H,6-7,9,11-13,15,17-19,21,23-25,27,29-31,33,35,37,39-41,43,45-47,49,52,55,57-58,60,62-65H2,1-5H3,(H-,69,72,73,74)/p+1/b10-8-,16-14-,22-20-,28-26-,34-32-,38-36-,44-42-,50-48-,53-51+,56-54-,61-59+. The molecule has 440 valence electrons. The van der Waals surface area contributed by atoms with Gasteiger partial charge in [0.25, 0.3) is 0 Å². The lowest BCUT2D eigenvalue weighted by Crippen LogP contribution is -2.45. The van der Waals surface area contributed by atoms with Gasteiger partial charge < -0.3 is 19.8 Å². The zero-order valence-corrected chi connectivity index (χ0v) is 51.0. The number of nitrogens with zero attached hydrogens (tertiary/aromatic N) is 1. The molecular formula is C68H118N2O6P+. The molecule has 0 bridgehead atoms. The maximum Gasteiger partial charge on any atom is 0.472 e. The number of aliphatic hydroxyl groups is 1. The van der Waals surface area contributed by atoms with Crippen LogP contribution >= 0.6 is 7.82 Å². The van der Waals surface area contributed by atoms with Gasteiger partial charge in [-0.25, -0.2) is 4.57 Å². The van der Waals surface area contributed by atoms with Gasteiger partial charge in [-0.05, 0) is 96.3 Å². The lowest BCUT2D eigenvalue weighted by molar-refractivity contribution is -0.870. The lowest BCUT2D eigenvalue weighted by Gasteiger charge is -2.25. The molecule has 0 fully saturated rings. The molecule has 0 spiro atoms. The summed E-state index contributed by atoms with van der Waals surface area (Å²) in [6.45, 7) is 4.64. The van der Waals surface area contributed by atoms with Crippen LogP contribution in [-0.4, -0.2) is 73.4 Å². The number of hydrogen-bond acceptors (Lipinski definition) is 5. The zero-order valence-electron chi connectivity index (χ0n) is 50.1. The van der Waals surface area contributed by atoms with E-state index in [4.69, 9.17) is 9.05 Å². The number of amides is 1. The highest BCUT2D eigenvalue weighted by molar-refractivity contribution is 7.47. The van der Waals surface area contributed by atoms with Crippen molar-refractivity contribution in [3.63, 3.8) is 0 Å². The van der Waals surface area contributed by atoms with E-state index in [0.29, 0.717) is 17.4 Å². The Bertz CT molecular complexity index is 1710. The van der Waals surface area contributed by atoms with E-state index < -0.39 is 20.0 Å². The van der Waals surface area contributed by atoms with Crippen LogP contribution in [0.5, 0.6) is 0 Å². The molecule has 3 N–H and O–H groups in total. The van der Waals surface area contributed by atoms with Crippen LogP contribution in [0.4, 0.5) is 0 Å². The van der Waals surface area contributed by atoms with E-state index >= 15 is 0 Å². The summed E-state index contributed by atoms with van der Waals surface area (Å²) in [5.41, 5.74) is 0. The van der Waals surface area contributed by atoms with E-state index in [9.17, 15) is 19.4 Å². The molecule has 0 aliphatic carbocycles. The summed E-state index contributed by atoms with van der Waals surface area (Å²) in [5.74, 6) is -0.248. The number of quaternary nitrogens is 1. The van der Waals surface area contributed by atoms with E-state index in [2.05, 4.69) is 141 Å². The smallest absolute Gasteiger partial charge is 0.387 e. The van der Waals surface area contributed by atoms with Crippen molar-refractivity contribution in [2.24, 2.45) is 0 Å². The van der Waals surface area contributed by atoms with Gasteiger partial charge in [-0.2, -0.15) is 0 Å². The number of likely N-dealkylation sites (N-methyl/N-ethyl adjacent to an activating group) is 1. The Hall–Kier alpha value is -3.36. The van der Waals surface area contributed by atoms with Gasteiger partial charge in [-0.3, -0.25) is 13.8 Å². The maximum absolute atomic E-state index is 13.0. The van der Waals surface area contributed by atoms with Crippen LogP contribution in [0.15, 0.2) is 134 Å². The Morgan fingerprint density at radius 3 is 1.19 bits per heavy atom. The van der Waals surface area contributed by atoms with E-state index in [0.717, 1.165) is 83.5 Å². The predicted octanol–water partition coefficient (Wildman–Crippen LogP) is 19.5. The molecule has 0 saturated carbocycles. The van der Waals surface area contributed by atoms with Gasteiger partial charge in [0.1, 0.15) is 13.2 Å².